The van der Waals surface area contributed by atoms with Crippen LogP contribution in [0.5, 0.6) is 0 Å². The number of carbonyl (C=O) groups is 1. The molecule has 1 aromatic heterocycles. The normalized spacial score (nSPS) is 13.3. The first kappa shape index (κ1) is 21.3. The fourth-order valence-corrected chi connectivity index (χ4v) is 3.55. The molecule has 0 aliphatic carbocycles. The SMILES string of the molecule is Cc1csc([C@H](Cc2ccc(N(C)S(=O)(=O)O)cc2)NC(=O)C(C)(C)C)n1. The van der Waals surface area contributed by atoms with Crippen molar-refractivity contribution in [2.75, 3.05) is 11.4 Å². The van der Waals surface area contributed by atoms with E-state index in [1.165, 1.54) is 18.4 Å². The lowest BCUT2D eigenvalue weighted by Crippen LogP contribution is -2.38. The maximum Gasteiger partial charge on any atom is 0.359 e. The topological polar surface area (TPSA) is 99.6 Å². The lowest BCUT2D eigenvalue weighted by molar-refractivity contribution is -0.129. The third-order valence-electron chi connectivity index (χ3n) is 4.01. The summed E-state index contributed by atoms with van der Waals surface area (Å²) in [6.07, 6.45) is 0.518. The summed E-state index contributed by atoms with van der Waals surface area (Å²) >= 11 is 1.49. The van der Waals surface area contributed by atoms with Crippen molar-refractivity contribution in [3.05, 3.63) is 45.9 Å². The molecule has 0 bridgehead atoms. The predicted octanol–water partition coefficient (Wildman–Crippen LogP) is 3.14. The number of rotatable bonds is 6. The van der Waals surface area contributed by atoms with Gasteiger partial charge in [0.2, 0.25) is 5.91 Å². The van der Waals surface area contributed by atoms with Gasteiger partial charge < -0.3 is 5.32 Å². The Morgan fingerprint density at radius 3 is 2.33 bits per heavy atom. The monoisotopic (exact) mass is 411 g/mol. The molecule has 1 heterocycles. The molecule has 2 N–H and O–H groups in total. The molecule has 0 radical (unpaired) electrons. The molecule has 0 saturated carbocycles. The summed E-state index contributed by atoms with van der Waals surface area (Å²) < 4.78 is 32.4. The molecule has 0 fully saturated rings. The van der Waals surface area contributed by atoms with E-state index in [0.717, 1.165) is 20.6 Å². The van der Waals surface area contributed by atoms with Crippen LogP contribution in [0.4, 0.5) is 5.69 Å². The number of benzene rings is 1. The molecular formula is C18H25N3O4S2. The Morgan fingerprint density at radius 1 is 1.30 bits per heavy atom. The minimum absolute atomic E-state index is 0.0666. The van der Waals surface area contributed by atoms with Gasteiger partial charge in [0.05, 0.1) is 11.7 Å². The van der Waals surface area contributed by atoms with Gasteiger partial charge in [0.1, 0.15) is 5.01 Å². The summed E-state index contributed by atoms with van der Waals surface area (Å²) in [5.41, 5.74) is 1.64. The number of anilines is 1. The molecule has 1 aromatic carbocycles. The second-order valence-electron chi connectivity index (χ2n) is 7.42. The summed E-state index contributed by atoms with van der Waals surface area (Å²) in [6.45, 7) is 7.47. The lowest BCUT2D eigenvalue weighted by Gasteiger charge is -2.23. The first-order valence-corrected chi connectivity index (χ1v) is 10.7. The van der Waals surface area contributed by atoms with Gasteiger partial charge in [-0.2, -0.15) is 8.42 Å². The fraction of sp³-hybridized carbons (Fsp3) is 0.444. The van der Waals surface area contributed by atoms with Crippen molar-refractivity contribution in [1.82, 2.24) is 10.3 Å². The van der Waals surface area contributed by atoms with Gasteiger partial charge >= 0.3 is 10.3 Å². The number of hydrogen-bond donors (Lipinski definition) is 2. The van der Waals surface area contributed by atoms with E-state index in [1.54, 1.807) is 24.3 Å². The van der Waals surface area contributed by atoms with E-state index in [9.17, 15) is 13.2 Å². The predicted molar refractivity (Wildman–Crippen MR) is 107 cm³/mol. The van der Waals surface area contributed by atoms with Crippen molar-refractivity contribution in [3.8, 4) is 0 Å². The molecule has 0 spiro atoms. The molecule has 1 amide bonds. The number of hydrogen-bond acceptors (Lipinski definition) is 5. The first-order valence-electron chi connectivity index (χ1n) is 8.41. The zero-order chi connectivity index (χ0) is 20.4. The van der Waals surface area contributed by atoms with Crippen LogP contribution in [0.1, 0.15) is 43.1 Å². The van der Waals surface area contributed by atoms with Crippen LogP contribution in [0.15, 0.2) is 29.6 Å². The van der Waals surface area contributed by atoms with E-state index in [1.807, 2.05) is 33.1 Å². The van der Waals surface area contributed by atoms with Crippen LogP contribution in [0.2, 0.25) is 0 Å². The molecule has 0 aliphatic heterocycles. The first-order chi connectivity index (χ1) is 12.4. The maximum absolute atomic E-state index is 12.5. The maximum atomic E-state index is 12.5. The Kier molecular flexibility index (Phi) is 6.28. The van der Waals surface area contributed by atoms with Crippen molar-refractivity contribution in [3.63, 3.8) is 0 Å². The van der Waals surface area contributed by atoms with Gasteiger partial charge in [-0.3, -0.25) is 13.7 Å². The standard InChI is InChI=1S/C18H25N3O4S2/c1-12-11-26-16(19-12)15(20-17(22)18(2,3)4)10-13-6-8-14(9-7-13)21(5)27(23,24)25/h6-9,11,15H,10H2,1-5H3,(H,20,22)(H,23,24,25)/t15-/m0/s1. The van der Waals surface area contributed by atoms with Crippen molar-refractivity contribution in [2.24, 2.45) is 5.41 Å². The van der Waals surface area contributed by atoms with Crippen molar-refractivity contribution in [2.45, 2.75) is 40.2 Å². The van der Waals surface area contributed by atoms with E-state index in [4.69, 9.17) is 4.55 Å². The van der Waals surface area contributed by atoms with Gasteiger partial charge in [-0.25, -0.2) is 4.98 Å². The van der Waals surface area contributed by atoms with E-state index >= 15 is 0 Å². The molecule has 7 nitrogen and oxygen atoms in total. The molecule has 0 aliphatic rings. The van der Waals surface area contributed by atoms with E-state index in [-0.39, 0.29) is 11.9 Å². The van der Waals surface area contributed by atoms with Gasteiger partial charge in [-0.1, -0.05) is 32.9 Å². The van der Waals surface area contributed by atoms with Crippen LogP contribution in [0.3, 0.4) is 0 Å². The molecular weight excluding hydrogens is 386 g/mol. The number of thiazole rings is 1. The minimum atomic E-state index is -4.30. The summed E-state index contributed by atoms with van der Waals surface area (Å²) in [6, 6.07) is 6.49. The average molecular weight is 412 g/mol. The van der Waals surface area contributed by atoms with E-state index in [2.05, 4.69) is 10.3 Å². The van der Waals surface area contributed by atoms with E-state index in [0.29, 0.717) is 12.1 Å². The Hall–Kier alpha value is -1.97. The zero-order valence-corrected chi connectivity index (χ0v) is 17.7. The summed E-state index contributed by atoms with van der Waals surface area (Å²) in [4.78, 5) is 17.0. The van der Waals surface area contributed by atoms with Gasteiger partial charge in [0.25, 0.3) is 0 Å². The largest absolute Gasteiger partial charge is 0.359 e. The average Bonchev–Trinajstić information content (AvgIpc) is 2.99. The van der Waals surface area contributed by atoms with Crippen LogP contribution in [0.25, 0.3) is 0 Å². The molecule has 0 unspecified atom stereocenters. The third kappa shape index (κ3) is 5.75. The fourth-order valence-electron chi connectivity index (χ4n) is 2.32. The molecule has 2 aromatic rings. The Labute approximate surface area is 164 Å². The Morgan fingerprint density at radius 2 is 1.89 bits per heavy atom. The number of amides is 1. The number of nitrogens with zero attached hydrogens (tertiary/aromatic N) is 2. The highest BCUT2D eigenvalue weighted by molar-refractivity contribution is 7.87. The Bertz CT molecular complexity index is 899. The second-order valence-corrected chi connectivity index (χ2v) is 9.75. The van der Waals surface area contributed by atoms with Crippen LogP contribution >= 0.6 is 11.3 Å². The van der Waals surface area contributed by atoms with Gasteiger partial charge in [0, 0.05) is 23.5 Å². The van der Waals surface area contributed by atoms with Crippen LogP contribution in [0, 0.1) is 12.3 Å². The van der Waals surface area contributed by atoms with Crippen LogP contribution in [-0.4, -0.2) is 30.9 Å². The number of aromatic nitrogens is 1. The number of aryl methyl sites for hydroxylation is 1. The highest BCUT2D eigenvalue weighted by atomic mass is 32.2. The van der Waals surface area contributed by atoms with Crippen molar-refractivity contribution in [1.29, 1.82) is 0 Å². The number of nitrogens with one attached hydrogen (secondary N) is 1. The van der Waals surface area contributed by atoms with Crippen molar-refractivity contribution < 1.29 is 17.8 Å². The van der Waals surface area contributed by atoms with Crippen LogP contribution in [-0.2, 0) is 21.5 Å². The Balaban J connectivity index is 2.23. The summed E-state index contributed by atoms with van der Waals surface area (Å²) in [5, 5.41) is 5.82. The van der Waals surface area contributed by atoms with Crippen molar-refractivity contribution >= 4 is 33.2 Å². The highest BCUT2D eigenvalue weighted by Gasteiger charge is 2.26. The molecule has 27 heavy (non-hydrogen) atoms. The van der Waals surface area contributed by atoms with E-state index < -0.39 is 15.7 Å². The quantitative estimate of drug-likeness (QED) is 0.712. The number of carbonyl (C=O) groups excluding carboxylic acids is 1. The smallest absolute Gasteiger partial charge is 0.346 e. The highest BCUT2D eigenvalue weighted by Crippen LogP contribution is 2.25. The summed E-state index contributed by atoms with van der Waals surface area (Å²) in [5.74, 6) is -0.0666. The van der Waals surface area contributed by atoms with Gasteiger partial charge in [-0.05, 0) is 31.0 Å². The molecule has 9 heteroatoms. The molecule has 2 rings (SSSR count). The molecule has 148 valence electrons. The molecule has 0 saturated heterocycles. The van der Waals surface area contributed by atoms with Crippen LogP contribution < -0.4 is 9.62 Å². The summed E-state index contributed by atoms with van der Waals surface area (Å²) in [7, 11) is -3.02. The minimum Gasteiger partial charge on any atom is -0.346 e. The third-order valence-corrected chi connectivity index (χ3v) is 5.99. The second kappa shape index (κ2) is 7.95. The van der Waals surface area contributed by atoms with Gasteiger partial charge in [0.15, 0.2) is 0 Å². The molecule has 1 atom stereocenters. The zero-order valence-electron chi connectivity index (χ0n) is 16.1. The van der Waals surface area contributed by atoms with Gasteiger partial charge in [-0.15, -0.1) is 11.3 Å². The lowest BCUT2D eigenvalue weighted by atomic mass is 9.94.